The van der Waals surface area contributed by atoms with Gasteiger partial charge in [-0.3, -0.25) is 0 Å². The largest absolute Gasteiger partial charge is 0.412 e. The van der Waals surface area contributed by atoms with Gasteiger partial charge in [-0.1, -0.05) is 103 Å². The lowest BCUT2D eigenvalue weighted by Crippen LogP contribution is -2.32. The highest BCUT2D eigenvalue weighted by Gasteiger charge is 2.37. The zero-order chi connectivity index (χ0) is 19.9. The lowest BCUT2D eigenvalue weighted by molar-refractivity contribution is 0.000227. The number of nitrogens with two attached hydrogens (primary N) is 1. The summed E-state index contributed by atoms with van der Waals surface area (Å²) in [6.45, 7) is 0.434. The van der Waals surface area contributed by atoms with Crippen LogP contribution in [-0.4, -0.2) is 0 Å². The van der Waals surface area contributed by atoms with E-state index in [0.717, 1.165) is 22.3 Å². The van der Waals surface area contributed by atoms with E-state index in [1.165, 1.54) is 0 Å². The van der Waals surface area contributed by atoms with Crippen molar-refractivity contribution in [1.82, 2.24) is 0 Å². The number of benzene rings is 4. The second kappa shape index (κ2) is 8.74. The molecule has 0 fully saturated rings. The van der Waals surface area contributed by atoms with Crippen molar-refractivity contribution in [3.05, 3.63) is 138 Å². The predicted octanol–water partition coefficient (Wildman–Crippen LogP) is 5.45. The molecule has 0 aliphatic heterocycles. The fourth-order valence-corrected chi connectivity index (χ4v) is 3.62. The molecule has 0 spiro atoms. The van der Waals surface area contributed by atoms with E-state index in [1.54, 1.807) is 0 Å². The monoisotopic (exact) mass is 381 g/mol. The molecule has 29 heavy (non-hydrogen) atoms. The first kappa shape index (κ1) is 18.9. The molecular weight excluding hydrogens is 358 g/mol. The Kier molecular flexibility index (Phi) is 5.71. The minimum atomic E-state index is -0.729. The van der Waals surface area contributed by atoms with Gasteiger partial charge in [-0.15, -0.1) is 0 Å². The van der Waals surface area contributed by atoms with Crippen molar-refractivity contribution in [3.63, 3.8) is 0 Å². The molecule has 144 valence electrons. The van der Waals surface area contributed by atoms with E-state index in [4.69, 9.17) is 15.5 Å². The van der Waals surface area contributed by atoms with Crippen LogP contribution in [-0.2, 0) is 16.9 Å². The van der Waals surface area contributed by atoms with E-state index in [0.29, 0.717) is 12.4 Å². The summed E-state index contributed by atoms with van der Waals surface area (Å²) in [6, 6.07) is 38.7. The van der Waals surface area contributed by atoms with Crippen molar-refractivity contribution < 1.29 is 9.57 Å². The maximum absolute atomic E-state index is 6.78. The van der Waals surface area contributed by atoms with Gasteiger partial charge in [-0.2, -0.15) is 5.90 Å². The molecule has 4 rings (SSSR count). The van der Waals surface area contributed by atoms with Crippen molar-refractivity contribution in [2.45, 2.75) is 12.2 Å². The summed E-state index contributed by atoms with van der Waals surface area (Å²) in [5.74, 6) is 5.86. The first-order valence-corrected chi connectivity index (χ1v) is 9.59. The summed E-state index contributed by atoms with van der Waals surface area (Å²) in [5.41, 5.74) is 3.56. The van der Waals surface area contributed by atoms with Crippen molar-refractivity contribution in [3.8, 4) is 5.75 Å². The third-order valence-electron chi connectivity index (χ3n) is 5.06. The fourth-order valence-electron chi connectivity index (χ4n) is 3.62. The zero-order valence-corrected chi connectivity index (χ0v) is 16.1. The third-order valence-corrected chi connectivity index (χ3v) is 5.06. The van der Waals surface area contributed by atoms with Gasteiger partial charge in [0, 0.05) is 0 Å². The standard InChI is InChI=1S/C26H23NO2/c27-29-25-18-16-21(17-19-25)20-28-26(22-10-4-1-5-11-22,23-12-6-2-7-13-23)24-14-8-3-9-15-24/h1-19H,20,27H2. The molecule has 0 atom stereocenters. The van der Waals surface area contributed by atoms with Crippen LogP contribution in [0.2, 0.25) is 0 Å². The predicted molar refractivity (Wildman–Crippen MR) is 115 cm³/mol. The summed E-state index contributed by atoms with van der Waals surface area (Å²) in [6.07, 6.45) is 0. The van der Waals surface area contributed by atoms with Crippen LogP contribution in [0.25, 0.3) is 0 Å². The molecule has 0 aliphatic carbocycles. The van der Waals surface area contributed by atoms with Gasteiger partial charge >= 0.3 is 0 Å². The zero-order valence-electron chi connectivity index (χ0n) is 16.1. The molecular formula is C26H23NO2. The minimum Gasteiger partial charge on any atom is -0.412 e. The molecule has 3 nitrogen and oxygen atoms in total. The molecule has 0 bridgehead atoms. The van der Waals surface area contributed by atoms with Crippen molar-refractivity contribution in [2.75, 3.05) is 0 Å². The van der Waals surface area contributed by atoms with E-state index < -0.39 is 5.60 Å². The maximum atomic E-state index is 6.78. The van der Waals surface area contributed by atoms with Crippen LogP contribution in [0, 0.1) is 0 Å². The Balaban J connectivity index is 1.83. The van der Waals surface area contributed by atoms with Gasteiger partial charge in [0.2, 0.25) is 0 Å². The highest BCUT2D eigenvalue weighted by Crippen LogP contribution is 2.41. The molecule has 0 radical (unpaired) electrons. The summed E-state index contributed by atoms with van der Waals surface area (Å²) in [4.78, 5) is 4.78. The van der Waals surface area contributed by atoms with Crippen molar-refractivity contribution in [1.29, 1.82) is 0 Å². The van der Waals surface area contributed by atoms with E-state index in [9.17, 15) is 0 Å². The van der Waals surface area contributed by atoms with Gasteiger partial charge in [-0.25, -0.2) is 0 Å². The number of rotatable bonds is 7. The second-order valence-electron chi connectivity index (χ2n) is 6.83. The molecule has 2 N–H and O–H groups in total. The lowest BCUT2D eigenvalue weighted by Gasteiger charge is -2.36. The molecule has 0 saturated carbocycles. The molecule has 4 aromatic carbocycles. The van der Waals surface area contributed by atoms with Crippen LogP contribution in [0.15, 0.2) is 115 Å². The average Bonchev–Trinajstić information content (AvgIpc) is 2.82. The van der Waals surface area contributed by atoms with E-state index in [-0.39, 0.29) is 0 Å². The SMILES string of the molecule is NOc1ccc(COC(c2ccccc2)(c2ccccc2)c2ccccc2)cc1. The quantitative estimate of drug-likeness (QED) is 0.342. The summed E-state index contributed by atoms with van der Waals surface area (Å²) < 4.78 is 6.78. The Morgan fingerprint density at radius 2 is 0.966 bits per heavy atom. The first-order valence-electron chi connectivity index (χ1n) is 9.59. The van der Waals surface area contributed by atoms with Gasteiger partial charge in [0.25, 0.3) is 0 Å². The van der Waals surface area contributed by atoms with E-state index >= 15 is 0 Å². The fraction of sp³-hybridized carbons (Fsp3) is 0.0769. The first-order chi connectivity index (χ1) is 14.3. The molecule has 0 aromatic heterocycles. The minimum absolute atomic E-state index is 0.434. The van der Waals surface area contributed by atoms with Crippen LogP contribution >= 0.6 is 0 Å². The van der Waals surface area contributed by atoms with Crippen LogP contribution in [0.5, 0.6) is 5.75 Å². The van der Waals surface area contributed by atoms with Crippen LogP contribution in [0.3, 0.4) is 0 Å². The van der Waals surface area contributed by atoms with Crippen molar-refractivity contribution >= 4 is 0 Å². The summed E-state index contributed by atoms with van der Waals surface area (Å²) in [7, 11) is 0. The smallest absolute Gasteiger partial charge is 0.146 e. The molecule has 0 unspecified atom stereocenters. The van der Waals surface area contributed by atoms with E-state index in [2.05, 4.69) is 36.4 Å². The van der Waals surface area contributed by atoms with Gasteiger partial charge in [0.1, 0.15) is 11.4 Å². The topological polar surface area (TPSA) is 44.5 Å². The lowest BCUT2D eigenvalue weighted by atomic mass is 9.80. The highest BCUT2D eigenvalue weighted by atomic mass is 16.6. The summed E-state index contributed by atoms with van der Waals surface area (Å²) in [5, 5.41) is 0. The molecule has 0 amide bonds. The van der Waals surface area contributed by atoms with E-state index in [1.807, 2.05) is 78.9 Å². The van der Waals surface area contributed by atoms with Crippen LogP contribution in [0.1, 0.15) is 22.3 Å². The Morgan fingerprint density at radius 1 is 0.552 bits per heavy atom. The third kappa shape index (κ3) is 3.92. The highest BCUT2D eigenvalue weighted by molar-refractivity contribution is 5.47. The van der Waals surface area contributed by atoms with Crippen LogP contribution in [0.4, 0.5) is 0 Å². The second-order valence-corrected chi connectivity index (χ2v) is 6.83. The molecule has 0 heterocycles. The number of ether oxygens (including phenoxy) is 1. The van der Waals surface area contributed by atoms with Gasteiger partial charge < -0.3 is 9.57 Å². The normalized spacial score (nSPS) is 11.2. The number of hydrogen-bond acceptors (Lipinski definition) is 3. The molecule has 4 aromatic rings. The Morgan fingerprint density at radius 3 is 1.34 bits per heavy atom. The van der Waals surface area contributed by atoms with Gasteiger partial charge in [0.05, 0.1) is 6.61 Å². The average molecular weight is 381 g/mol. The Bertz CT molecular complexity index is 920. The maximum Gasteiger partial charge on any atom is 0.146 e. The summed E-state index contributed by atoms with van der Waals surface area (Å²) >= 11 is 0. The van der Waals surface area contributed by atoms with Crippen LogP contribution < -0.4 is 10.7 Å². The van der Waals surface area contributed by atoms with Gasteiger partial charge in [0.15, 0.2) is 0 Å². The van der Waals surface area contributed by atoms with Gasteiger partial charge in [-0.05, 0) is 34.4 Å². The Labute approximate surface area is 171 Å². The molecule has 3 heteroatoms. The molecule has 0 saturated heterocycles. The molecule has 0 aliphatic rings. The number of hydrogen-bond donors (Lipinski definition) is 1. The Hall–Kier alpha value is -3.40. The van der Waals surface area contributed by atoms with Crippen molar-refractivity contribution in [2.24, 2.45) is 5.90 Å².